The molecule has 0 aliphatic heterocycles. The van der Waals surface area contributed by atoms with Crippen molar-refractivity contribution >= 4 is 33.0 Å². The van der Waals surface area contributed by atoms with Crippen molar-refractivity contribution in [3.05, 3.63) is 47.2 Å². The number of nitrogens with two attached hydrogens (primary N) is 1. The molecule has 0 bridgehead atoms. The molecule has 2 rings (SSSR count). The van der Waals surface area contributed by atoms with Crippen LogP contribution in [-0.4, -0.2) is 13.4 Å². The standard InChI is InChI=1S/C11H8ClF2N3O2S/c12-11-9(2-1-3-16-11)17-20(18,19)10-7(13)4-6(15)5-8(10)14/h1-5,17H,15H2. The van der Waals surface area contributed by atoms with E-state index in [1.54, 1.807) is 0 Å². The largest absolute Gasteiger partial charge is 0.399 e. The van der Waals surface area contributed by atoms with Crippen LogP contribution in [0.2, 0.25) is 5.15 Å². The zero-order valence-corrected chi connectivity index (χ0v) is 11.3. The summed E-state index contributed by atoms with van der Waals surface area (Å²) in [6, 6.07) is 4.14. The fourth-order valence-corrected chi connectivity index (χ4v) is 2.90. The van der Waals surface area contributed by atoms with E-state index in [0.29, 0.717) is 12.1 Å². The van der Waals surface area contributed by atoms with Crippen molar-refractivity contribution in [2.75, 3.05) is 10.5 Å². The normalized spacial score (nSPS) is 11.3. The molecule has 0 radical (unpaired) electrons. The molecule has 106 valence electrons. The van der Waals surface area contributed by atoms with Crippen LogP contribution in [0.25, 0.3) is 0 Å². The van der Waals surface area contributed by atoms with Crippen molar-refractivity contribution < 1.29 is 17.2 Å². The van der Waals surface area contributed by atoms with Gasteiger partial charge in [0.05, 0.1) is 5.69 Å². The van der Waals surface area contributed by atoms with Gasteiger partial charge in [0.2, 0.25) is 0 Å². The third-order valence-corrected chi connectivity index (χ3v) is 4.01. The number of aromatic nitrogens is 1. The first-order valence-electron chi connectivity index (χ1n) is 5.19. The summed E-state index contributed by atoms with van der Waals surface area (Å²) in [7, 11) is -4.49. The highest BCUT2D eigenvalue weighted by molar-refractivity contribution is 7.92. The van der Waals surface area contributed by atoms with Crippen molar-refractivity contribution in [1.82, 2.24) is 4.98 Å². The van der Waals surface area contributed by atoms with Crippen LogP contribution in [0.1, 0.15) is 0 Å². The number of anilines is 2. The van der Waals surface area contributed by atoms with E-state index < -0.39 is 26.6 Å². The summed E-state index contributed by atoms with van der Waals surface area (Å²) in [5.74, 6) is -2.59. The van der Waals surface area contributed by atoms with Gasteiger partial charge in [-0.1, -0.05) is 11.6 Å². The first-order valence-corrected chi connectivity index (χ1v) is 7.05. The summed E-state index contributed by atoms with van der Waals surface area (Å²) in [4.78, 5) is 2.51. The number of benzene rings is 1. The molecule has 0 saturated carbocycles. The predicted molar refractivity (Wildman–Crippen MR) is 70.8 cm³/mol. The number of nitrogen functional groups attached to an aromatic ring is 1. The third kappa shape index (κ3) is 2.81. The highest BCUT2D eigenvalue weighted by Crippen LogP contribution is 2.26. The van der Waals surface area contributed by atoms with Gasteiger partial charge in [0.15, 0.2) is 10.0 Å². The smallest absolute Gasteiger partial charge is 0.267 e. The Morgan fingerprint density at radius 3 is 2.40 bits per heavy atom. The number of pyridine rings is 1. The molecule has 9 heteroatoms. The second kappa shape index (κ2) is 5.22. The topological polar surface area (TPSA) is 85.1 Å². The van der Waals surface area contributed by atoms with Gasteiger partial charge in [-0.05, 0) is 24.3 Å². The Morgan fingerprint density at radius 1 is 1.25 bits per heavy atom. The fraction of sp³-hybridized carbons (Fsp3) is 0. The molecule has 0 fully saturated rings. The van der Waals surface area contributed by atoms with Crippen LogP contribution in [0.3, 0.4) is 0 Å². The number of nitrogens with one attached hydrogen (secondary N) is 1. The minimum atomic E-state index is -4.49. The summed E-state index contributed by atoms with van der Waals surface area (Å²) in [5, 5.41) is -0.146. The number of hydrogen-bond acceptors (Lipinski definition) is 4. The maximum atomic E-state index is 13.6. The second-order valence-electron chi connectivity index (χ2n) is 3.76. The van der Waals surface area contributed by atoms with Crippen LogP contribution in [-0.2, 0) is 10.0 Å². The lowest BCUT2D eigenvalue weighted by molar-refractivity contribution is 0.522. The average molecular weight is 320 g/mol. The highest BCUT2D eigenvalue weighted by Gasteiger charge is 2.25. The van der Waals surface area contributed by atoms with Gasteiger partial charge < -0.3 is 5.73 Å². The third-order valence-electron chi connectivity index (χ3n) is 2.29. The summed E-state index contributed by atoms with van der Waals surface area (Å²) in [6.07, 6.45) is 1.34. The maximum Gasteiger partial charge on any atom is 0.267 e. The molecule has 20 heavy (non-hydrogen) atoms. The summed E-state index contributed by atoms with van der Waals surface area (Å²) >= 11 is 5.68. The van der Waals surface area contributed by atoms with Crippen LogP contribution < -0.4 is 10.5 Å². The van der Waals surface area contributed by atoms with Gasteiger partial charge in [0.25, 0.3) is 10.0 Å². The van der Waals surface area contributed by atoms with Crippen molar-refractivity contribution in [1.29, 1.82) is 0 Å². The SMILES string of the molecule is Nc1cc(F)c(S(=O)(=O)Nc2cccnc2Cl)c(F)c1. The highest BCUT2D eigenvalue weighted by atomic mass is 35.5. The number of rotatable bonds is 3. The van der Waals surface area contributed by atoms with E-state index in [4.69, 9.17) is 17.3 Å². The van der Waals surface area contributed by atoms with Crippen molar-refractivity contribution in [3.8, 4) is 0 Å². The van der Waals surface area contributed by atoms with E-state index in [2.05, 4.69) is 4.98 Å². The zero-order valence-electron chi connectivity index (χ0n) is 9.77. The molecule has 3 N–H and O–H groups in total. The van der Waals surface area contributed by atoms with E-state index in [-0.39, 0.29) is 16.5 Å². The molecular formula is C11H8ClF2N3O2S. The first kappa shape index (κ1) is 14.5. The van der Waals surface area contributed by atoms with Gasteiger partial charge in [-0.15, -0.1) is 0 Å². The minimum absolute atomic E-state index is 0.0928. The number of hydrogen-bond donors (Lipinski definition) is 2. The molecular weight excluding hydrogens is 312 g/mol. The summed E-state index contributed by atoms with van der Waals surface area (Å²) in [6.45, 7) is 0. The summed E-state index contributed by atoms with van der Waals surface area (Å²) in [5.41, 5.74) is 4.91. The van der Waals surface area contributed by atoms with Crippen LogP contribution in [0.15, 0.2) is 35.4 Å². The predicted octanol–water partition coefficient (Wildman–Crippen LogP) is 2.40. The molecule has 1 aromatic carbocycles. The Hall–Kier alpha value is -1.93. The molecule has 0 aliphatic rings. The van der Waals surface area contributed by atoms with E-state index in [1.165, 1.54) is 18.3 Å². The number of nitrogens with zero attached hydrogens (tertiary/aromatic N) is 1. The van der Waals surface area contributed by atoms with Crippen molar-refractivity contribution in [3.63, 3.8) is 0 Å². The van der Waals surface area contributed by atoms with Gasteiger partial charge in [-0.25, -0.2) is 22.2 Å². The Bertz CT molecular complexity index is 745. The average Bonchev–Trinajstić information content (AvgIpc) is 2.30. The number of halogens is 3. The second-order valence-corrected chi connectivity index (χ2v) is 5.74. The molecule has 1 heterocycles. The Labute approximate surface area is 118 Å². The molecule has 0 unspecified atom stereocenters. The molecule has 2 aromatic rings. The lowest BCUT2D eigenvalue weighted by Gasteiger charge is -2.10. The maximum absolute atomic E-state index is 13.6. The van der Waals surface area contributed by atoms with Gasteiger partial charge in [0, 0.05) is 11.9 Å². The quantitative estimate of drug-likeness (QED) is 0.672. The van der Waals surface area contributed by atoms with Crippen LogP contribution in [0.5, 0.6) is 0 Å². The monoisotopic (exact) mass is 319 g/mol. The number of sulfonamides is 1. The van der Waals surface area contributed by atoms with Crippen molar-refractivity contribution in [2.24, 2.45) is 0 Å². The van der Waals surface area contributed by atoms with E-state index in [0.717, 1.165) is 0 Å². The molecule has 0 aliphatic carbocycles. The molecule has 5 nitrogen and oxygen atoms in total. The molecule has 0 spiro atoms. The first-order chi connectivity index (χ1) is 9.31. The van der Waals surface area contributed by atoms with Crippen LogP contribution in [0, 0.1) is 11.6 Å². The molecule has 0 amide bonds. The summed E-state index contributed by atoms with van der Waals surface area (Å²) < 4.78 is 53.2. The molecule has 0 saturated heterocycles. The lowest BCUT2D eigenvalue weighted by Crippen LogP contribution is -2.17. The Kier molecular flexibility index (Phi) is 3.78. The van der Waals surface area contributed by atoms with E-state index in [1.807, 2.05) is 4.72 Å². The van der Waals surface area contributed by atoms with E-state index in [9.17, 15) is 17.2 Å². The zero-order chi connectivity index (χ0) is 14.9. The fourth-order valence-electron chi connectivity index (χ4n) is 1.49. The van der Waals surface area contributed by atoms with Gasteiger partial charge in [0.1, 0.15) is 11.6 Å². The van der Waals surface area contributed by atoms with Crippen LogP contribution >= 0.6 is 11.6 Å². The lowest BCUT2D eigenvalue weighted by atomic mass is 10.3. The Balaban J connectivity index is 2.50. The van der Waals surface area contributed by atoms with Crippen LogP contribution in [0.4, 0.5) is 20.2 Å². The molecule has 1 aromatic heterocycles. The minimum Gasteiger partial charge on any atom is -0.399 e. The van der Waals surface area contributed by atoms with Gasteiger partial charge >= 0.3 is 0 Å². The van der Waals surface area contributed by atoms with Crippen molar-refractivity contribution in [2.45, 2.75) is 4.90 Å². The molecule has 0 atom stereocenters. The van der Waals surface area contributed by atoms with Gasteiger partial charge in [-0.2, -0.15) is 0 Å². The van der Waals surface area contributed by atoms with Gasteiger partial charge in [-0.3, -0.25) is 4.72 Å². The van der Waals surface area contributed by atoms with E-state index >= 15 is 0 Å². The Morgan fingerprint density at radius 2 is 1.85 bits per heavy atom.